The molecule has 0 heterocycles. The highest BCUT2D eigenvalue weighted by Crippen LogP contribution is 2.12. The number of carbonyl (C=O) groups is 1. The van der Waals surface area contributed by atoms with Gasteiger partial charge in [0, 0.05) is 6.42 Å². The lowest BCUT2D eigenvalue weighted by molar-refractivity contribution is -0.123. The number of amides is 1. The number of nitrogens with one attached hydrogen (secondary N) is 1. The molecule has 0 saturated carbocycles. The van der Waals surface area contributed by atoms with E-state index in [0.29, 0.717) is 6.42 Å². The van der Waals surface area contributed by atoms with Crippen LogP contribution < -0.4 is 5.32 Å². The molecule has 0 saturated heterocycles. The minimum atomic E-state index is -0.836. The molecule has 0 aliphatic heterocycles. The van der Waals surface area contributed by atoms with Crippen molar-refractivity contribution < 1.29 is 15.0 Å². The summed E-state index contributed by atoms with van der Waals surface area (Å²) < 4.78 is 0. The van der Waals surface area contributed by atoms with Crippen LogP contribution in [0.25, 0.3) is 0 Å². The van der Waals surface area contributed by atoms with E-state index in [-0.39, 0.29) is 12.5 Å². The standard InChI is InChI=1S/C35H67NO3/c1-3-5-7-9-11-13-14-15-16-17-18-19-20-21-23-25-27-29-31-35(39)36-33(32-37)34(38)30-28-26-24-22-12-10-8-6-4-2/h18-19,28,30,33-34,37-38H,3-17,20-27,29,31-32H2,1-2H3,(H,36,39)/b19-18-,30-28+. The zero-order valence-corrected chi connectivity index (χ0v) is 26.2. The Morgan fingerprint density at radius 3 is 1.41 bits per heavy atom. The van der Waals surface area contributed by atoms with Gasteiger partial charge in [0.15, 0.2) is 0 Å². The van der Waals surface area contributed by atoms with Crippen molar-refractivity contribution in [3.63, 3.8) is 0 Å². The van der Waals surface area contributed by atoms with Gasteiger partial charge in [-0.15, -0.1) is 0 Å². The third kappa shape index (κ3) is 28.2. The number of aliphatic hydroxyl groups is 2. The van der Waals surface area contributed by atoms with Crippen molar-refractivity contribution in [1.82, 2.24) is 5.32 Å². The molecule has 3 N–H and O–H groups in total. The van der Waals surface area contributed by atoms with Crippen molar-refractivity contribution in [3.05, 3.63) is 24.3 Å². The molecule has 0 spiro atoms. The van der Waals surface area contributed by atoms with Gasteiger partial charge in [-0.25, -0.2) is 0 Å². The van der Waals surface area contributed by atoms with Gasteiger partial charge in [0.1, 0.15) is 0 Å². The molecule has 230 valence electrons. The minimum absolute atomic E-state index is 0.0759. The van der Waals surface area contributed by atoms with Gasteiger partial charge in [-0.05, 0) is 44.9 Å². The number of carbonyl (C=O) groups excluding carboxylic acids is 1. The van der Waals surface area contributed by atoms with Gasteiger partial charge in [0.25, 0.3) is 0 Å². The summed E-state index contributed by atoms with van der Waals surface area (Å²) in [6.45, 7) is 4.26. The molecule has 0 aliphatic carbocycles. The summed E-state index contributed by atoms with van der Waals surface area (Å²) in [5.41, 5.74) is 0. The highest BCUT2D eigenvalue weighted by atomic mass is 16.3. The van der Waals surface area contributed by atoms with Crippen molar-refractivity contribution in [1.29, 1.82) is 0 Å². The number of rotatable bonds is 30. The summed E-state index contributed by atoms with van der Waals surface area (Å²) in [5.74, 6) is -0.0759. The lowest BCUT2D eigenvalue weighted by Crippen LogP contribution is -2.45. The molecule has 0 rings (SSSR count). The van der Waals surface area contributed by atoms with E-state index in [4.69, 9.17) is 0 Å². The van der Waals surface area contributed by atoms with Crippen LogP contribution >= 0.6 is 0 Å². The second-order valence-electron chi connectivity index (χ2n) is 11.6. The molecule has 0 radical (unpaired) electrons. The Morgan fingerprint density at radius 2 is 0.974 bits per heavy atom. The van der Waals surface area contributed by atoms with Crippen LogP contribution in [0, 0.1) is 0 Å². The first-order valence-electron chi connectivity index (χ1n) is 17.1. The highest BCUT2D eigenvalue weighted by Gasteiger charge is 2.17. The molecule has 0 aromatic heterocycles. The number of hydrogen-bond donors (Lipinski definition) is 3. The van der Waals surface area contributed by atoms with Crippen LogP contribution in [0.15, 0.2) is 24.3 Å². The lowest BCUT2D eigenvalue weighted by atomic mass is 10.1. The Bertz CT molecular complexity index is 560. The fourth-order valence-electron chi connectivity index (χ4n) is 4.99. The van der Waals surface area contributed by atoms with Gasteiger partial charge in [-0.3, -0.25) is 4.79 Å². The molecule has 4 nitrogen and oxygen atoms in total. The van der Waals surface area contributed by atoms with Crippen molar-refractivity contribution in [2.75, 3.05) is 6.61 Å². The van der Waals surface area contributed by atoms with Crippen molar-refractivity contribution in [2.24, 2.45) is 0 Å². The second-order valence-corrected chi connectivity index (χ2v) is 11.6. The SMILES string of the molecule is CCCCCCCCC/C=C/C(O)C(CO)NC(=O)CCCCCCC/C=C\CCCCCCCCCCC. The van der Waals surface area contributed by atoms with Crippen LogP contribution in [-0.2, 0) is 4.79 Å². The smallest absolute Gasteiger partial charge is 0.220 e. The van der Waals surface area contributed by atoms with Gasteiger partial charge < -0.3 is 15.5 Å². The molecule has 0 aromatic carbocycles. The summed E-state index contributed by atoms with van der Waals surface area (Å²) >= 11 is 0. The Balaban J connectivity index is 3.61. The summed E-state index contributed by atoms with van der Waals surface area (Å²) in [6.07, 6.45) is 38.3. The average Bonchev–Trinajstić information content (AvgIpc) is 2.94. The first-order chi connectivity index (χ1) is 19.2. The van der Waals surface area contributed by atoms with Crippen molar-refractivity contribution >= 4 is 5.91 Å². The average molecular weight is 550 g/mol. The monoisotopic (exact) mass is 550 g/mol. The van der Waals surface area contributed by atoms with Gasteiger partial charge in [-0.2, -0.15) is 0 Å². The van der Waals surface area contributed by atoms with Crippen LogP contribution in [0.2, 0.25) is 0 Å². The van der Waals surface area contributed by atoms with Gasteiger partial charge in [0.05, 0.1) is 18.8 Å². The van der Waals surface area contributed by atoms with E-state index in [1.807, 2.05) is 6.08 Å². The van der Waals surface area contributed by atoms with Crippen LogP contribution in [0.3, 0.4) is 0 Å². The van der Waals surface area contributed by atoms with E-state index in [0.717, 1.165) is 32.1 Å². The van der Waals surface area contributed by atoms with E-state index < -0.39 is 12.1 Å². The largest absolute Gasteiger partial charge is 0.394 e. The van der Waals surface area contributed by atoms with E-state index in [2.05, 4.69) is 31.3 Å². The maximum absolute atomic E-state index is 12.2. The van der Waals surface area contributed by atoms with E-state index >= 15 is 0 Å². The fraction of sp³-hybridized carbons (Fsp3) is 0.857. The third-order valence-corrected chi connectivity index (χ3v) is 7.68. The second kappa shape index (κ2) is 31.4. The molecule has 2 atom stereocenters. The van der Waals surface area contributed by atoms with Gasteiger partial charge >= 0.3 is 0 Å². The molecule has 0 aromatic rings. The molecular weight excluding hydrogens is 482 g/mol. The van der Waals surface area contributed by atoms with Gasteiger partial charge in [-0.1, -0.05) is 147 Å². The topological polar surface area (TPSA) is 69.6 Å². The normalized spacial score (nSPS) is 13.4. The predicted molar refractivity (Wildman–Crippen MR) is 170 cm³/mol. The highest BCUT2D eigenvalue weighted by molar-refractivity contribution is 5.76. The third-order valence-electron chi connectivity index (χ3n) is 7.68. The molecule has 4 heteroatoms. The van der Waals surface area contributed by atoms with Crippen LogP contribution in [0.4, 0.5) is 0 Å². The Morgan fingerprint density at radius 1 is 0.590 bits per heavy atom. The van der Waals surface area contributed by atoms with Crippen molar-refractivity contribution in [3.8, 4) is 0 Å². The molecule has 1 amide bonds. The number of unbranched alkanes of at least 4 members (excludes halogenated alkanes) is 21. The summed E-state index contributed by atoms with van der Waals surface area (Å²) in [4.78, 5) is 12.2. The quantitative estimate of drug-likeness (QED) is 0.0617. The summed E-state index contributed by atoms with van der Waals surface area (Å²) in [7, 11) is 0. The first-order valence-corrected chi connectivity index (χ1v) is 17.1. The Labute approximate surface area is 243 Å². The molecule has 2 unspecified atom stereocenters. The maximum Gasteiger partial charge on any atom is 0.220 e. The zero-order chi connectivity index (χ0) is 28.7. The predicted octanol–water partition coefficient (Wildman–Crippen LogP) is 9.73. The van der Waals surface area contributed by atoms with E-state index in [9.17, 15) is 15.0 Å². The number of allylic oxidation sites excluding steroid dienone is 3. The number of aliphatic hydroxyl groups excluding tert-OH is 2. The Hall–Kier alpha value is -1.13. The number of hydrogen-bond acceptors (Lipinski definition) is 3. The molecule has 0 fully saturated rings. The lowest BCUT2D eigenvalue weighted by Gasteiger charge is -2.20. The van der Waals surface area contributed by atoms with Crippen LogP contribution in [0.5, 0.6) is 0 Å². The molecular formula is C35H67NO3. The minimum Gasteiger partial charge on any atom is -0.394 e. The van der Waals surface area contributed by atoms with Crippen LogP contribution in [0.1, 0.15) is 174 Å². The van der Waals surface area contributed by atoms with Gasteiger partial charge in [0.2, 0.25) is 5.91 Å². The maximum atomic E-state index is 12.2. The van der Waals surface area contributed by atoms with E-state index in [1.165, 1.54) is 122 Å². The molecule has 0 bridgehead atoms. The molecule has 39 heavy (non-hydrogen) atoms. The summed E-state index contributed by atoms with van der Waals surface area (Å²) in [6, 6.07) is -0.620. The summed E-state index contributed by atoms with van der Waals surface area (Å²) in [5, 5.41) is 22.7. The molecule has 0 aliphatic rings. The first kappa shape index (κ1) is 37.9. The zero-order valence-electron chi connectivity index (χ0n) is 26.2. The Kier molecular flexibility index (Phi) is 30.5. The fourth-order valence-corrected chi connectivity index (χ4v) is 4.99. The van der Waals surface area contributed by atoms with Crippen molar-refractivity contribution in [2.45, 2.75) is 187 Å². The van der Waals surface area contributed by atoms with Crippen LogP contribution in [-0.4, -0.2) is 34.9 Å². The van der Waals surface area contributed by atoms with E-state index in [1.54, 1.807) is 6.08 Å².